The minimum absolute atomic E-state index is 0.286. The van der Waals surface area contributed by atoms with E-state index in [0.717, 1.165) is 11.9 Å². The quantitative estimate of drug-likeness (QED) is 0.501. The number of hydrogen-bond acceptors (Lipinski definition) is 5. The predicted octanol–water partition coefficient (Wildman–Crippen LogP) is 3.68. The summed E-state index contributed by atoms with van der Waals surface area (Å²) in [7, 11) is 0. The summed E-state index contributed by atoms with van der Waals surface area (Å²) in [5.41, 5.74) is 2.49. The molecule has 8 heteroatoms. The summed E-state index contributed by atoms with van der Waals surface area (Å²) in [6.07, 6.45) is 4.29. The molecule has 0 fully saturated rings. The van der Waals surface area contributed by atoms with E-state index in [1.807, 2.05) is 12.1 Å². The molecule has 2 heterocycles. The van der Waals surface area contributed by atoms with Gasteiger partial charge in [0.25, 0.3) is 0 Å². The second-order valence-corrected chi connectivity index (χ2v) is 5.56. The van der Waals surface area contributed by atoms with Crippen molar-refractivity contribution in [3.05, 3.63) is 78.0 Å². The Morgan fingerprint density at radius 2 is 1.96 bits per heavy atom. The van der Waals surface area contributed by atoms with Crippen molar-refractivity contribution in [3.8, 4) is 0 Å². The summed E-state index contributed by atoms with van der Waals surface area (Å²) in [5.74, 6) is -0.0288. The molecule has 0 aliphatic heterocycles. The van der Waals surface area contributed by atoms with Crippen LogP contribution in [0, 0.1) is 11.2 Å². The zero-order valence-corrected chi connectivity index (χ0v) is 14.2. The predicted molar refractivity (Wildman–Crippen MR) is 102 cm³/mol. The van der Waals surface area contributed by atoms with Crippen molar-refractivity contribution in [3.63, 3.8) is 0 Å². The van der Waals surface area contributed by atoms with E-state index in [4.69, 9.17) is 5.41 Å². The van der Waals surface area contributed by atoms with E-state index in [0.29, 0.717) is 22.8 Å². The normalized spacial score (nSPS) is 10.1. The molecule has 2 aromatic heterocycles. The molecule has 0 aliphatic carbocycles. The summed E-state index contributed by atoms with van der Waals surface area (Å²) in [6, 6.07) is 12.4. The molecular weight excluding hydrogens is 347 g/mol. The van der Waals surface area contributed by atoms with E-state index in [1.165, 1.54) is 18.3 Å². The number of carbonyl (C=O) groups is 1. The molecule has 136 valence electrons. The smallest absolute Gasteiger partial charge is 0.320 e. The lowest BCUT2D eigenvalue weighted by Crippen LogP contribution is -2.28. The van der Waals surface area contributed by atoms with Gasteiger partial charge in [0, 0.05) is 23.7 Å². The molecule has 0 bridgehead atoms. The van der Waals surface area contributed by atoms with Crippen LogP contribution < -0.4 is 16.0 Å². The first-order chi connectivity index (χ1) is 13.1. The van der Waals surface area contributed by atoms with Crippen LogP contribution in [0.25, 0.3) is 0 Å². The summed E-state index contributed by atoms with van der Waals surface area (Å²) >= 11 is 0. The van der Waals surface area contributed by atoms with Crippen LogP contribution in [0.2, 0.25) is 0 Å². The van der Waals surface area contributed by atoms with Gasteiger partial charge in [-0.05, 0) is 42.5 Å². The third-order valence-electron chi connectivity index (χ3n) is 3.61. The fourth-order valence-corrected chi connectivity index (χ4v) is 2.29. The van der Waals surface area contributed by atoms with Gasteiger partial charge in [-0.3, -0.25) is 10.3 Å². The third kappa shape index (κ3) is 5.08. The summed E-state index contributed by atoms with van der Waals surface area (Å²) in [6.45, 7) is 0.286. The molecule has 0 spiro atoms. The van der Waals surface area contributed by atoms with Gasteiger partial charge in [0.15, 0.2) is 0 Å². The number of anilines is 3. The van der Waals surface area contributed by atoms with Gasteiger partial charge in [0.05, 0.1) is 24.1 Å². The van der Waals surface area contributed by atoms with Crippen LogP contribution in [0.5, 0.6) is 0 Å². The highest BCUT2D eigenvalue weighted by molar-refractivity contribution is 5.92. The molecule has 1 aromatic carbocycles. The molecule has 3 rings (SSSR count). The van der Waals surface area contributed by atoms with Gasteiger partial charge in [0.2, 0.25) is 0 Å². The lowest BCUT2D eigenvalue weighted by Gasteiger charge is -2.11. The summed E-state index contributed by atoms with van der Waals surface area (Å²) in [5, 5.41) is 15.9. The lowest BCUT2D eigenvalue weighted by atomic mass is 10.2. The molecule has 0 unspecified atom stereocenters. The zero-order valence-electron chi connectivity index (χ0n) is 14.2. The van der Waals surface area contributed by atoms with Gasteiger partial charge in [-0.15, -0.1) is 0 Å². The second-order valence-electron chi connectivity index (χ2n) is 5.56. The van der Waals surface area contributed by atoms with Gasteiger partial charge in [-0.25, -0.2) is 14.2 Å². The number of nitrogens with one attached hydrogen (secondary N) is 4. The molecule has 0 saturated heterocycles. The Bertz CT molecular complexity index is 931. The van der Waals surface area contributed by atoms with E-state index in [-0.39, 0.29) is 12.4 Å². The maximum absolute atomic E-state index is 13.0. The highest BCUT2D eigenvalue weighted by atomic mass is 19.1. The van der Waals surface area contributed by atoms with E-state index in [1.54, 1.807) is 30.5 Å². The Labute approximate surface area is 155 Å². The van der Waals surface area contributed by atoms with Crippen molar-refractivity contribution < 1.29 is 9.18 Å². The van der Waals surface area contributed by atoms with Crippen molar-refractivity contribution in [2.24, 2.45) is 0 Å². The fourth-order valence-electron chi connectivity index (χ4n) is 2.29. The minimum Gasteiger partial charge on any atom is -0.354 e. The van der Waals surface area contributed by atoms with Crippen LogP contribution in [0.15, 0.2) is 60.9 Å². The average molecular weight is 364 g/mol. The molecule has 2 amide bonds. The van der Waals surface area contributed by atoms with Gasteiger partial charge in [-0.1, -0.05) is 6.07 Å². The number of hydrogen-bond donors (Lipinski definition) is 4. The maximum atomic E-state index is 13.0. The number of halogens is 1. The van der Waals surface area contributed by atoms with Crippen LogP contribution in [0.1, 0.15) is 11.3 Å². The van der Waals surface area contributed by atoms with E-state index in [9.17, 15) is 9.18 Å². The molecule has 7 nitrogen and oxygen atoms in total. The van der Waals surface area contributed by atoms with Crippen LogP contribution in [0.3, 0.4) is 0 Å². The van der Waals surface area contributed by atoms with E-state index in [2.05, 4.69) is 25.9 Å². The van der Waals surface area contributed by atoms with Crippen molar-refractivity contribution in [1.82, 2.24) is 15.3 Å². The fraction of sp³-hybridized carbons (Fsp3) is 0.0526. The monoisotopic (exact) mass is 364 g/mol. The number of rotatable bonds is 6. The van der Waals surface area contributed by atoms with Gasteiger partial charge in [-0.2, -0.15) is 0 Å². The molecule has 0 aliphatic rings. The third-order valence-corrected chi connectivity index (χ3v) is 3.61. The largest absolute Gasteiger partial charge is 0.354 e. The SMILES string of the molecule is N=Cc1cc(NC(=O)NCc2ccccn2)ncc1Nc1ccc(F)cc1. The second kappa shape index (κ2) is 8.52. The van der Waals surface area contributed by atoms with Gasteiger partial charge in [0.1, 0.15) is 11.6 Å². The topological polar surface area (TPSA) is 103 Å². The number of benzene rings is 1. The van der Waals surface area contributed by atoms with E-state index < -0.39 is 6.03 Å². The Hall–Kier alpha value is -3.81. The summed E-state index contributed by atoms with van der Waals surface area (Å²) in [4.78, 5) is 20.3. The Balaban J connectivity index is 1.63. The minimum atomic E-state index is -0.427. The van der Waals surface area contributed by atoms with Crippen molar-refractivity contribution in [1.29, 1.82) is 5.41 Å². The maximum Gasteiger partial charge on any atom is 0.320 e. The van der Waals surface area contributed by atoms with Crippen LogP contribution in [0.4, 0.5) is 26.4 Å². The number of carbonyl (C=O) groups excluding carboxylic acids is 1. The van der Waals surface area contributed by atoms with Crippen LogP contribution >= 0.6 is 0 Å². The standard InChI is InChI=1S/C19H17FN6O/c20-14-4-6-15(7-5-14)25-17-12-23-18(9-13(17)10-21)26-19(27)24-11-16-3-1-2-8-22-16/h1-10,12,21,25H,11H2,(H2,23,24,26,27). The van der Waals surface area contributed by atoms with Gasteiger partial charge >= 0.3 is 6.03 Å². The zero-order chi connectivity index (χ0) is 19.1. The highest BCUT2D eigenvalue weighted by Crippen LogP contribution is 2.21. The number of amides is 2. The van der Waals surface area contributed by atoms with Crippen molar-refractivity contribution in [2.45, 2.75) is 6.54 Å². The first kappa shape index (κ1) is 18.0. The molecule has 0 saturated carbocycles. The summed E-state index contributed by atoms with van der Waals surface area (Å²) < 4.78 is 13.0. The van der Waals surface area contributed by atoms with Gasteiger partial charge < -0.3 is 16.0 Å². The molecular formula is C19H17FN6O. The first-order valence-electron chi connectivity index (χ1n) is 8.12. The van der Waals surface area contributed by atoms with Crippen molar-refractivity contribution >= 4 is 29.4 Å². The molecule has 0 radical (unpaired) electrons. The van der Waals surface area contributed by atoms with Crippen LogP contribution in [-0.2, 0) is 6.54 Å². The molecule has 27 heavy (non-hydrogen) atoms. The van der Waals surface area contributed by atoms with E-state index >= 15 is 0 Å². The lowest BCUT2D eigenvalue weighted by molar-refractivity contribution is 0.251. The number of aromatic nitrogens is 2. The first-order valence-corrected chi connectivity index (χ1v) is 8.12. The Morgan fingerprint density at radius 1 is 1.15 bits per heavy atom. The Morgan fingerprint density at radius 3 is 2.67 bits per heavy atom. The molecule has 0 atom stereocenters. The van der Waals surface area contributed by atoms with Crippen LogP contribution in [-0.4, -0.2) is 22.2 Å². The highest BCUT2D eigenvalue weighted by Gasteiger charge is 2.07. The number of urea groups is 1. The molecule has 3 aromatic rings. The Kier molecular flexibility index (Phi) is 5.68. The molecule has 4 N–H and O–H groups in total. The number of nitrogens with zero attached hydrogens (tertiary/aromatic N) is 2. The van der Waals surface area contributed by atoms with Crippen molar-refractivity contribution in [2.75, 3.05) is 10.6 Å². The number of pyridine rings is 2. The average Bonchev–Trinajstić information content (AvgIpc) is 2.70.